The van der Waals surface area contributed by atoms with Crippen LogP contribution in [-0.2, 0) is 6.42 Å². The van der Waals surface area contributed by atoms with Gasteiger partial charge in [-0.05, 0) is 78.5 Å². The number of nitriles is 1. The molecule has 2 aliphatic rings. The first-order chi connectivity index (χ1) is 19.7. The molecule has 41 heavy (non-hydrogen) atoms. The molecule has 10 nitrogen and oxygen atoms in total. The number of nitrogens with one attached hydrogen (secondary N) is 1. The highest BCUT2D eigenvalue weighted by Gasteiger charge is 2.33. The first-order valence-corrected chi connectivity index (χ1v) is 15.5. The Hall–Kier alpha value is -3.49. The lowest BCUT2D eigenvalue weighted by Crippen LogP contribution is -2.38. The standard InChI is InChI=1S/C30H39N7O3S/c1-6-9-20(24(32)19-10-7-12-22-23(19)18(14-31)15-41-22)26(38)28-33-27-25(37(16(2)3)30(39)35-27)29(34-28)40-17(4)21-11-8-13-36(21)5/h15-17,19,21H,6-13,32H2,1-5H3,(H,33,34,35,39)/b24-20-/t17?,19-,21-/m0/s1. The van der Waals surface area contributed by atoms with E-state index in [2.05, 4.69) is 33.0 Å². The van der Waals surface area contributed by atoms with Gasteiger partial charge in [0.2, 0.25) is 17.5 Å². The average molecular weight is 578 g/mol. The Morgan fingerprint density at radius 1 is 1.29 bits per heavy atom. The number of nitrogens with zero attached hydrogens (tertiary/aromatic N) is 5. The minimum atomic E-state index is -0.374. The molecule has 1 fully saturated rings. The van der Waals surface area contributed by atoms with Gasteiger partial charge >= 0.3 is 5.69 Å². The number of allylic oxidation sites excluding steroid dienone is 2. The number of rotatable bonds is 9. The molecule has 0 bridgehead atoms. The Morgan fingerprint density at radius 3 is 2.73 bits per heavy atom. The van der Waals surface area contributed by atoms with Crippen molar-refractivity contribution in [1.82, 2.24) is 24.4 Å². The maximum atomic E-state index is 14.2. The SMILES string of the molecule is CCC/C(C(=O)c1nc(OC(C)[C@@H]2CCCN2C)c2c(n1)[nH]c(=O)n2C(C)C)=C(/N)[C@H]1CCCc2scc(C#N)c21. The van der Waals surface area contributed by atoms with E-state index in [0.29, 0.717) is 35.2 Å². The Bertz CT molecular complexity index is 1590. The Kier molecular flexibility index (Phi) is 8.34. The van der Waals surface area contributed by atoms with Gasteiger partial charge in [-0.1, -0.05) is 13.3 Å². The van der Waals surface area contributed by atoms with E-state index in [0.717, 1.165) is 49.1 Å². The lowest BCUT2D eigenvalue weighted by atomic mass is 9.81. The summed E-state index contributed by atoms with van der Waals surface area (Å²) in [6, 6.07) is 2.34. The number of likely N-dealkylation sites (tertiary alicyclic amines) is 1. The van der Waals surface area contributed by atoms with Gasteiger partial charge in [-0.3, -0.25) is 19.2 Å². The number of carbonyl (C=O) groups is 1. The fourth-order valence-electron chi connectivity index (χ4n) is 6.44. The number of fused-ring (bicyclic) bond motifs is 2. The summed E-state index contributed by atoms with van der Waals surface area (Å²) in [6.45, 7) is 8.81. The molecule has 3 N–H and O–H groups in total. The molecular weight excluding hydrogens is 538 g/mol. The maximum absolute atomic E-state index is 14.2. The number of nitrogens with two attached hydrogens (primary N) is 1. The molecule has 0 aromatic carbocycles. The third-order valence-electron chi connectivity index (χ3n) is 8.45. The van der Waals surface area contributed by atoms with Gasteiger partial charge in [-0.25, -0.2) is 9.78 Å². The minimum absolute atomic E-state index is 0.0510. The summed E-state index contributed by atoms with van der Waals surface area (Å²) in [5.74, 6) is -0.410. The number of Topliss-reactive ketones (excluding diaryl/α,β-unsaturated/α-hetero) is 1. The van der Waals surface area contributed by atoms with Crippen LogP contribution in [0, 0.1) is 11.3 Å². The molecule has 11 heteroatoms. The fraction of sp³-hybridized carbons (Fsp3) is 0.567. The van der Waals surface area contributed by atoms with Crippen LogP contribution in [0.15, 0.2) is 21.4 Å². The predicted octanol–water partition coefficient (Wildman–Crippen LogP) is 4.81. The van der Waals surface area contributed by atoms with Crippen molar-refractivity contribution in [3.63, 3.8) is 0 Å². The number of hydrogen-bond donors (Lipinski definition) is 2. The van der Waals surface area contributed by atoms with Crippen molar-refractivity contribution in [2.45, 2.75) is 96.7 Å². The number of carbonyl (C=O) groups excluding carboxylic acids is 1. The summed E-state index contributed by atoms with van der Waals surface area (Å²) >= 11 is 1.59. The van der Waals surface area contributed by atoms with Crippen molar-refractivity contribution in [3.05, 3.63) is 49.0 Å². The van der Waals surface area contributed by atoms with Crippen molar-refractivity contribution in [3.8, 4) is 11.9 Å². The summed E-state index contributed by atoms with van der Waals surface area (Å²) < 4.78 is 8.03. The lowest BCUT2D eigenvalue weighted by Gasteiger charge is -2.27. The zero-order valence-electron chi connectivity index (χ0n) is 24.5. The second kappa shape index (κ2) is 11.8. The molecule has 3 atom stereocenters. The van der Waals surface area contributed by atoms with E-state index in [1.54, 1.807) is 15.9 Å². The number of imidazole rings is 1. The number of hydrogen-bond acceptors (Lipinski definition) is 9. The summed E-state index contributed by atoms with van der Waals surface area (Å²) in [6.07, 6.45) is 5.65. The zero-order chi connectivity index (χ0) is 29.4. The molecule has 1 saturated heterocycles. The molecule has 0 radical (unpaired) electrons. The Morgan fingerprint density at radius 2 is 2.07 bits per heavy atom. The third-order valence-corrected chi connectivity index (χ3v) is 9.51. The second-order valence-corrected chi connectivity index (χ2v) is 12.5. The molecule has 0 amide bonds. The topological polar surface area (TPSA) is 143 Å². The van der Waals surface area contributed by atoms with Crippen molar-refractivity contribution in [2.75, 3.05) is 13.6 Å². The Balaban J connectivity index is 1.61. The number of ether oxygens (including phenoxy) is 1. The van der Waals surface area contributed by atoms with Gasteiger partial charge < -0.3 is 10.5 Å². The largest absolute Gasteiger partial charge is 0.471 e. The summed E-state index contributed by atoms with van der Waals surface area (Å²) in [5.41, 5.74) is 9.73. The van der Waals surface area contributed by atoms with Crippen molar-refractivity contribution < 1.29 is 9.53 Å². The van der Waals surface area contributed by atoms with Crippen molar-refractivity contribution >= 4 is 28.3 Å². The van der Waals surface area contributed by atoms with E-state index in [-0.39, 0.29) is 52.9 Å². The maximum Gasteiger partial charge on any atom is 0.328 e. The highest BCUT2D eigenvalue weighted by atomic mass is 32.1. The average Bonchev–Trinajstić information content (AvgIpc) is 3.66. The number of H-pyrrole nitrogens is 1. The highest BCUT2D eigenvalue weighted by Crippen LogP contribution is 2.42. The van der Waals surface area contributed by atoms with E-state index in [9.17, 15) is 14.9 Å². The monoisotopic (exact) mass is 577 g/mol. The van der Waals surface area contributed by atoms with Gasteiger partial charge in [0.05, 0.1) is 5.56 Å². The molecule has 1 aliphatic heterocycles. The van der Waals surface area contributed by atoms with Gasteiger partial charge in [0, 0.05) is 39.5 Å². The van der Waals surface area contributed by atoms with Crippen LogP contribution < -0.4 is 16.2 Å². The number of aromatic nitrogens is 4. The van der Waals surface area contributed by atoms with Gasteiger partial charge in [-0.15, -0.1) is 11.3 Å². The number of ketones is 1. The molecule has 5 rings (SSSR count). The van der Waals surface area contributed by atoms with Crippen LogP contribution in [0.25, 0.3) is 11.2 Å². The molecule has 1 unspecified atom stereocenters. The molecule has 3 aromatic heterocycles. The van der Waals surface area contributed by atoms with E-state index >= 15 is 0 Å². The quantitative estimate of drug-likeness (QED) is 0.272. The highest BCUT2D eigenvalue weighted by molar-refractivity contribution is 7.10. The van der Waals surface area contributed by atoms with Crippen LogP contribution >= 0.6 is 11.3 Å². The number of thiophene rings is 1. The summed E-state index contributed by atoms with van der Waals surface area (Å²) in [5, 5.41) is 11.6. The first-order valence-electron chi connectivity index (χ1n) is 14.6. The molecular formula is C30H39N7O3S. The molecule has 218 valence electrons. The van der Waals surface area contributed by atoms with Crippen molar-refractivity contribution in [2.24, 2.45) is 5.73 Å². The molecule has 3 aromatic rings. The van der Waals surface area contributed by atoms with Crippen LogP contribution in [0.2, 0.25) is 0 Å². The molecule has 0 saturated carbocycles. The van der Waals surface area contributed by atoms with Crippen LogP contribution in [-0.4, -0.2) is 55.9 Å². The zero-order valence-corrected chi connectivity index (χ0v) is 25.3. The first kappa shape index (κ1) is 29.0. The van der Waals surface area contributed by atoms with Crippen LogP contribution in [0.4, 0.5) is 0 Å². The predicted molar refractivity (Wildman–Crippen MR) is 159 cm³/mol. The number of aromatic amines is 1. The fourth-order valence-corrected chi connectivity index (χ4v) is 7.52. The smallest absolute Gasteiger partial charge is 0.328 e. The van der Waals surface area contributed by atoms with Crippen LogP contribution in [0.5, 0.6) is 5.88 Å². The van der Waals surface area contributed by atoms with Crippen LogP contribution in [0.1, 0.15) is 105 Å². The van der Waals surface area contributed by atoms with Crippen LogP contribution in [0.3, 0.4) is 0 Å². The number of likely N-dealkylation sites (N-methyl/N-ethyl adjacent to an activating group) is 1. The number of aryl methyl sites for hydroxylation is 1. The van der Waals surface area contributed by atoms with Gasteiger partial charge in [-0.2, -0.15) is 10.2 Å². The molecule has 0 spiro atoms. The van der Waals surface area contributed by atoms with E-state index in [1.165, 1.54) is 0 Å². The lowest BCUT2D eigenvalue weighted by molar-refractivity contribution is 0.101. The molecule has 1 aliphatic carbocycles. The van der Waals surface area contributed by atoms with Gasteiger partial charge in [0.1, 0.15) is 12.2 Å². The van der Waals surface area contributed by atoms with Gasteiger partial charge in [0.15, 0.2) is 11.2 Å². The van der Waals surface area contributed by atoms with E-state index in [4.69, 9.17) is 10.5 Å². The summed E-state index contributed by atoms with van der Waals surface area (Å²) in [4.78, 5) is 42.6. The normalized spacial score (nSPS) is 20.6. The van der Waals surface area contributed by atoms with E-state index in [1.807, 2.05) is 33.1 Å². The third kappa shape index (κ3) is 5.31. The minimum Gasteiger partial charge on any atom is -0.471 e. The summed E-state index contributed by atoms with van der Waals surface area (Å²) in [7, 11) is 2.08. The van der Waals surface area contributed by atoms with Crippen molar-refractivity contribution in [1.29, 1.82) is 5.26 Å². The van der Waals surface area contributed by atoms with E-state index < -0.39 is 0 Å². The Labute approximate surface area is 244 Å². The van der Waals surface area contributed by atoms with Gasteiger partial charge in [0.25, 0.3) is 0 Å². The molecule has 4 heterocycles. The second-order valence-electron chi connectivity index (χ2n) is 11.5.